The fraction of sp³-hybridized carbons (Fsp3) is 0.767. The highest BCUT2D eigenvalue weighted by atomic mass is 16.5. The Balaban J connectivity index is 1.41. The zero-order chi connectivity index (χ0) is 38.5. The molecule has 10 nitrogen and oxygen atoms in total. The minimum atomic E-state index is -0.654. The molecule has 4 fully saturated rings. The number of nitrogens with zero attached hydrogens (tertiary/aromatic N) is 3. The van der Waals surface area contributed by atoms with Crippen molar-refractivity contribution in [2.24, 2.45) is 68.3 Å². The van der Waals surface area contributed by atoms with Gasteiger partial charge < -0.3 is 25.3 Å². The van der Waals surface area contributed by atoms with Gasteiger partial charge >= 0.3 is 5.97 Å². The number of ether oxygens (including phenoxy) is 2. The highest BCUT2D eigenvalue weighted by molar-refractivity contribution is 5.73. The van der Waals surface area contributed by atoms with E-state index in [9.17, 15) is 14.7 Å². The van der Waals surface area contributed by atoms with Crippen molar-refractivity contribution in [1.82, 2.24) is 19.7 Å². The summed E-state index contributed by atoms with van der Waals surface area (Å²) in [5.74, 6) is 0.875. The first-order valence-electron chi connectivity index (χ1n) is 20.3. The number of H-pyrrole nitrogens is 1. The number of carboxylic acids is 1. The maximum absolute atomic E-state index is 13.6. The van der Waals surface area contributed by atoms with Gasteiger partial charge in [0.05, 0.1) is 37.9 Å². The zero-order valence-corrected chi connectivity index (χ0v) is 33.9. The molecule has 2 aromatic rings. The maximum Gasteiger partial charge on any atom is 0.307 e. The number of pyridine rings is 1. The van der Waals surface area contributed by atoms with Crippen molar-refractivity contribution in [2.75, 3.05) is 19.8 Å². The van der Waals surface area contributed by atoms with Crippen LogP contribution in [-0.2, 0) is 14.3 Å². The van der Waals surface area contributed by atoms with Gasteiger partial charge in [-0.3, -0.25) is 9.59 Å². The minimum Gasteiger partial charge on any atom is -0.481 e. The Kier molecular flexibility index (Phi) is 9.34. The number of hydrogen-bond acceptors (Lipinski definition) is 7. The molecule has 2 aromatic heterocycles. The van der Waals surface area contributed by atoms with E-state index >= 15 is 0 Å². The third kappa shape index (κ3) is 5.49. The Bertz CT molecular complexity index is 1810. The van der Waals surface area contributed by atoms with Crippen LogP contribution in [0.5, 0.6) is 0 Å². The lowest BCUT2D eigenvalue weighted by Gasteiger charge is -2.71. The molecule has 3 heterocycles. The molecule has 7 rings (SSSR count). The van der Waals surface area contributed by atoms with Gasteiger partial charge in [-0.05, 0) is 103 Å². The highest BCUT2D eigenvalue weighted by Crippen LogP contribution is 2.75. The van der Waals surface area contributed by atoms with Crippen LogP contribution in [0.1, 0.15) is 114 Å². The van der Waals surface area contributed by atoms with Gasteiger partial charge in [0.1, 0.15) is 6.33 Å². The van der Waals surface area contributed by atoms with E-state index in [4.69, 9.17) is 25.3 Å². The van der Waals surface area contributed by atoms with E-state index in [0.717, 1.165) is 32.1 Å². The van der Waals surface area contributed by atoms with E-state index in [0.29, 0.717) is 49.5 Å². The van der Waals surface area contributed by atoms with Crippen molar-refractivity contribution in [3.63, 3.8) is 0 Å². The van der Waals surface area contributed by atoms with Gasteiger partial charge in [0.2, 0.25) is 5.56 Å². The lowest BCUT2D eigenvalue weighted by atomic mass is 9.34. The Morgan fingerprint density at radius 3 is 2.53 bits per heavy atom. The number of aromatic nitrogens is 4. The molecule has 2 bridgehead atoms. The lowest BCUT2D eigenvalue weighted by molar-refractivity contribution is -0.254. The Hall–Kier alpha value is -2.82. The van der Waals surface area contributed by atoms with Gasteiger partial charge in [-0.25, -0.2) is 9.67 Å². The van der Waals surface area contributed by atoms with Gasteiger partial charge in [-0.15, -0.1) is 0 Å². The third-order valence-corrected chi connectivity index (χ3v) is 16.8. The molecule has 0 aromatic carbocycles. The lowest BCUT2D eigenvalue weighted by Crippen LogP contribution is -2.70. The smallest absolute Gasteiger partial charge is 0.307 e. The van der Waals surface area contributed by atoms with E-state index in [1.54, 1.807) is 18.6 Å². The molecule has 3 saturated carbocycles. The Labute approximate surface area is 316 Å². The average molecular weight is 732 g/mol. The van der Waals surface area contributed by atoms with Crippen LogP contribution in [0.25, 0.3) is 11.4 Å². The normalized spacial score (nSPS) is 41.2. The van der Waals surface area contributed by atoms with Crippen molar-refractivity contribution in [2.45, 2.75) is 125 Å². The first-order valence-corrected chi connectivity index (χ1v) is 20.3. The molecule has 0 spiro atoms. The quantitative estimate of drug-likeness (QED) is 0.225. The summed E-state index contributed by atoms with van der Waals surface area (Å²) >= 11 is 0. The zero-order valence-electron chi connectivity index (χ0n) is 33.9. The van der Waals surface area contributed by atoms with Gasteiger partial charge in [0.25, 0.3) is 0 Å². The van der Waals surface area contributed by atoms with Gasteiger partial charge in [-0.2, -0.15) is 5.10 Å². The molecular weight excluding hydrogens is 667 g/mol. The maximum atomic E-state index is 13.6. The fourth-order valence-electron chi connectivity index (χ4n) is 12.8. The molecule has 292 valence electrons. The molecule has 5 aliphatic rings. The largest absolute Gasteiger partial charge is 0.481 e. The van der Waals surface area contributed by atoms with E-state index in [-0.39, 0.29) is 51.7 Å². The summed E-state index contributed by atoms with van der Waals surface area (Å²) in [4.78, 5) is 33.6. The molecular formula is C43H65N5O5. The van der Waals surface area contributed by atoms with E-state index in [1.165, 1.54) is 5.57 Å². The first kappa shape index (κ1) is 38.5. The molecule has 0 unspecified atom stereocenters. The predicted molar refractivity (Wildman–Crippen MR) is 206 cm³/mol. The van der Waals surface area contributed by atoms with Crippen LogP contribution in [0.15, 0.2) is 41.1 Å². The van der Waals surface area contributed by atoms with E-state index in [1.807, 2.05) is 10.7 Å². The molecule has 12 atom stereocenters. The average Bonchev–Trinajstić information content (AvgIpc) is 3.57. The first-order chi connectivity index (χ1) is 24.8. The van der Waals surface area contributed by atoms with E-state index < -0.39 is 28.3 Å². The van der Waals surface area contributed by atoms with Gasteiger partial charge in [0.15, 0.2) is 5.82 Å². The summed E-state index contributed by atoms with van der Waals surface area (Å²) in [5.41, 5.74) is 6.72. The van der Waals surface area contributed by atoms with Gasteiger partial charge in [0, 0.05) is 28.8 Å². The second kappa shape index (κ2) is 12.9. The summed E-state index contributed by atoms with van der Waals surface area (Å²) in [7, 11) is 0. The number of carbonyl (C=O) groups is 1. The van der Waals surface area contributed by atoms with Crippen molar-refractivity contribution < 1.29 is 19.4 Å². The summed E-state index contributed by atoms with van der Waals surface area (Å²) in [5, 5.41) is 16.1. The van der Waals surface area contributed by atoms with Crippen molar-refractivity contribution in [3.05, 3.63) is 46.7 Å². The second-order valence-electron chi connectivity index (χ2n) is 20.0. The molecule has 0 amide bonds. The summed E-state index contributed by atoms with van der Waals surface area (Å²) in [6.45, 7) is 24.0. The number of nitrogens with two attached hydrogens (primary N) is 1. The highest BCUT2D eigenvalue weighted by Gasteiger charge is 2.72. The number of aromatic amines is 1. The third-order valence-electron chi connectivity index (χ3n) is 16.8. The molecule has 1 aliphatic heterocycles. The number of allylic oxidation sites excluding steroid dienone is 1. The number of carboxylic acid groups (broad SMARTS) is 1. The number of aliphatic carboxylic acids is 1. The predicted octanol–water partition coefficient (Wildman–Crippen LogP) is 7.52. The van der Waals surface area contributed by atoms with Crippen LogP contribution in [0.4, 0.5) is 0 Å². The van der Waals surface area contributed by atoms with Crippen molar-refractivity contribution in [1.29, 1.82) is 0 Å². The monoisotopic (exact) mass is 731 g/mol. The molecule has 10 heteroatoms. The summed E-state index contributed by atoms with van der Waals surface area (Å²) in [6.07, 6.45) is 10.8. The second-order valence-corrected chi connectivity index (χ2v) is 20.0. The van der Waals surface area contributed by atoms with Crippen molar-refractivity contribution >= 4 is 5.97 Å². The number of hydrogen-bond donors (Lipinski definition) is 3. The molecule has 1 saturated heterocycles. The number of rotatable bonds is 9. The molecule has 4 aliphatic carbocycles. The van der Waals surface area contributed by atoms with Crippen LogP contribution >= 0.6 is 0 Å². The number of fused-ring (bicyclic) bond motifs is 3. The molecule has 53 heavy (non-hydrogen) atoms. The summed E-state index contributed by atoms with van der Waals surface area (Å²) in [6, 6.07) is 3.26. The minimum absolute atomic E-state index is 0.168. The molecule has 0 radical (unpaired) electrons. The number of nitrogens with one attached hydrogen (secondary N) is 1. The topological polar surface area (TPSA) is 145 Å². The van der Waals surface area contributed by atoms with Crippen LogP contribution in [-0.4, -0.2) is 62.3 Å². The van der Waals surface area contributed by atoms with Crippen LogP contribution in [0, 0.1) is 62.6 Å². The van der Waals surface area contributed by atoms with Crippen molar-refractivity contribution in [3.8, 4) is 11.4 Å². The SMILES string of the molecule is CC(C)[C@@H](C)[C@@]1(C)CC[C@]2(C)[C@H]3CC[C@@H]4[C@@]5(C)COC[C@@]4(C3=CC[C@@]2(C)[C@@H]1C(=O)O)[C@@H](OC[C@](C)(N)C(C)C)[C@H](n1ncnc1-c1cc[nH]c(=O)c1)C5. The standard InChI is InChI=1S/C43H65N5O5/c1-25(2)27(5)39(7)16-17-40(8)29-11-12-32-38(6)20-31(48-36(46-24-47-48)28-14-18-45-33(49)19-28)35(53-22-42(10,44)26(3)4)43(32,23-52-21-38)30(29)13-15-41(40,9)34(39)37(50)51/h13-14,18-19,24-27,29,31-32,34-35H,11-12,15-17,20-23,44H2,1-10H3,(H,45,49)(H,50,51)/t27-,29+,31-,32-,34-,35+,38-,39-,40-,41+,42+,43+/m1/s1. The Morgan fingerprint density at radius 1 is 1.13 bits per heavy atom. The van der Waals surface area contributed by atoms with Crippen LogP contribution in [0.2, 0.25) is 0 Å². The Morgan fingerprint density at radius 2 is 1.87 bits per heavy atom. The van der Waals surface area contributed by atoms with E-state index in [2.05, 4.69) is 80.3 Å². The van der Waals surface area contributed by atoms with Gasteiger partial charge in [-0.1, -0.05) is 74.0 Å². The fourth-order valence-corrected chi connectivity index (χ4v) is 12.8. The molecule has 4 N–H and O–H groups in total. The van der Waals surface area contributed by atoms with Crippen LogP contribution < -0.4 is 11.3 Å². The van der Waals surface area contributed by atoms with Crippen LogP contribution in [0.3, 0.4) is 0 Å². The summed E-state index contributed by atoms with van der Waals surface area (Å²) < 4.78 is 16.1.